The number of aromatic nitrogens is 3. The van der Waals surface area contributed by atoms with Crippen molar-refractivity contribution in [3.63, 3.8) is 0 Å². The van der Waals surface area contributed by atoms with Gasteiger partial charge in [-0.3, -0.25) is 14.5 Å². The maximum Gasteiger partial charge on any atom is 0.431 e. The summed E-state index contributed by atoms with van der Waals surface area (Å²) < 4.78 is 49.0. The zero-order valence-electron chi connectivity index (χ0n) is 19.8. The monoisotopic (exact) mass is 497 g/mol. The maximum atomic E-state index is 13.8. The lowest BCUT2D eigenvalue weighted by Gasteiger charge is -2.30. The molecule has 0 saturated heterocycles. The Hall–Kier alpha value is -3.82. The second-order valence-electron chi connectivity index (χ2n) is 9.12. The molecule has 1 saturated carbocycles. The number of fused-ring (bicyclic) bond motifs is 1. The van der Waals surface area contributed by atoms with Gasteiger partial charge in [-0.25, -0.2) is 0 Å². The number of hydrogen-bond donors (Lipinski definition) is 0. The van der Waals surface area contributed by atoms with Crippen LogP contribution in [0.1, 0.15) is 18.5 Å². The molecule has 1 fully saturated rings. The smallest absolute Gasteiger partial charge is 0.431 e. The Morgan fingerprint density at radius 1 is 1.25 bits per heavy atom. The first-order valence-electron chi connectivity index (χ1n) is 11.8. The number of likely N-dealkylation sites (N-methyl/N-ethyl adjacent to an activating group) is 1. The van der Waals surface area contributed by atoms with Gasteiger partial charge >= 0.3 is 6.18 Å². The van der Waals surface area contributed by atoms with Gasteiger partial charge in [-0.1, -0.05) is 18.2 Å². The van der Waals surface area contributed by atoms with Crippen molar-refractivity contribution in [1.82, 2.24) is 19.7 Å². The van der Waals surface area contributed by atoms with Gasteiger partial charge < -0.3 is 14.5 Å². The minimum Gasteiger partial charge on any atom is -0.485 e. The number of ether oxygens (including phenoxy) is 1. The molecule has 5 rings (SSSR count). The van der Waals surface area contributed by atoms with Crippen LogP contribution >= 0.6 is 0 Å². The van der Waals surface area contributed by atoms with Crippen LogP contribution in [0.3, 0.4) is 0 Å². The summed E-state index contributed by atoms with van der Waals surface area (Å²) in [5.41, 5.74) is 0.653. The molecule has 0 unspecified atom stereocenters. The number of alkyl halides is 3. The van der Waals surface area contributed by atoms with E-state index in [1.54, 1.807) is 54.7 Å². The molecule has 36 heavy (non-hydrogen) atoms. The van der Waals surface area contributed by atoms with E-state index >= 15 is 0 Å². The SMILES string of the molecule is CN(CC1CC1)C(=O)Cn1cc2cc(N3CC=CC=C3C(F)(F)F)c(OCc3ccccn3)cc2n1. The van der Waals surface area contributed by atoms with Crippen molar-refractivity contribution in [3.05, 3.63) is 72.3 Å². The van der Waals surface area contributed by atoms with E-state index in [1.807, 2.05) is 6.07 Å². The Labute approximate surface area is 206 Å². The highest BCUT2D eigenvalue weighted by Crippen LogP contribution is 2.40. The van der Waals surface area contributed by atoms with E-state index < -0.39 is 11.9 Å². The van der Waals surface area contributed by atoms with Gasteiger partial charge in [0, 0.05) is 44.0 Å². The van der Waals surface area contributed by atoms with Crippen molar-refractivity contribution in [2.75, 3.05) is 25.0 Å². The number of rotatable bonds is 8. The number of nitrogens with zero attached hydrogens (tertiary/aromatic N) is 5. The second kappa shape index (κ2) is 9.67. The van der Waals surface area contributed by atoms with E-state index in [0.29, 0.717) is 22.5 Å². The van der Waals surface area contributed by atoms with Crippen LogP contribution in [0.4, 0.5) is 18.9 Å². The molecule has 3 aromatic rings. The Kier molecular flexibility index (Phi) is 6.42. The molecule has 1 aliphatic heterocycles. The zero-order valence-corrected chi connectivity index (χ0v) is 19.8. The van der Waals surface area contributed by atoms with Crippen molar-refractivity contribution in [2.45, 2.75) is 32.2 Å². The highest BCUT2D eigenvalue weighted by atomic mass is 19.4. The van der Waals surface area contributed by atoms with Crippen molar-refractivity contribution in [3.8, 4) is 5.75 Å². The Morgan fingerprint density at radius 3 is 2.81 bits per heavy atom. The molecule has 0 radical (unpaired) electrons. The molecule has 1 aliphatic carbocycles. The number of amides is 1. The molecule has 1 aromatic carbocycles. The molecule has 7 nitrogen and oxygen atoms in total. The third-order valence-electron chi connectivity index (χ3n) is 6.24. The summed E-state index contributed by atoms with van der Waals surface area (Å²) in [5.74, 6) is 0.762. The summed E-state index contributed by atoms with van der Waals surface area (Å²) in [6.07, 6.45) is 5.16. The fourth-order valence-corrected chi connectivity index (χ4v) is 4.17. The van der Waals surface area contributed by atoms with E-state index in [4.69, 9.17) is 4.74 Å². The summed E-state index contributed by atoms with van der Waals surface area (Å²) in [5, 5.41) is 5.12. The number of hydrogen-bond acceptors (Lipinski definition) is 5. The Morgan fingerprint density at radius 2 is 2.08 bits per heavy atom. The van der Waals surface area contributed by atoms with Crippen LogP contribution in [0.25, 0.3) is 10.9 Å². The van der Waals surface area contributed by atoms with Crippen LogP contribution in [0.5, 0.6) is 5.75 Å². The lowest BCUT2D eigenvalue weighted by molar-refractivity contribution is -0.130. The number of pyridine rings is 1. The van der Waals surface area contributed by atoms with Crippen LogP contribution in [-0.2, 0) is 17.9 Å². The molecule has 0 atom stereocenters. The average Bonchev–Trinajstić information content (AvgIpc) is 3.59. The third kappa shape index (κ3) is 5.37. The number of carbonyl (C=O) groups is 1. The number of anilines is 1. The van der Waals surface area contributed by atoms with Crippen molar-refractivity contribution in [2.24, 2.45) is 5.92 Å². The quantitative estimate of drug-likeness (QED) is 0.452. The standard InChI is InChI=1S/C26H26F3N5O2/c1-32(14-18-8-9-18)25(35)16-33-15-19-12-22(34-11-5-3-7-24(34)26(27,28)29)23(13-21(19)31-33)36-17-20-6-2-4-10-30-20/h2-7,10,12-13,15,18H,8-9,11,14,16-17H2,1H3. The zero-order chi connectivity index (χ0) is 25.3. The van der Waals surface area contributed by atoms with Gasteiger partial charge in [-0.2, -0.15) is 18.3 Å². The van der Waals surface area contributed by atoms with Gasteiger partial charge in [0.25, 0.3) is 0 Å². The van der Waals surface area contributed by atoms with Gasteiger partial charge in [-0.05, 0) is 43.0 Å². The molecule has 0 bridgehead atoms. The van der Waals surface area contributed by atoms with E-state index in [9.17, 15) is 18.0 Å². The summed E-state index contributed by atoms with van der Waals surface area (Å²) in [7, 11) is 1.78. The number of halogens is 3. The Balaban J connectivity index is 1.47. The second-order valence-corrected chi connectivity index (χ2v) is 9.12. The molecule has 2 aliphatic rings. The molecule has 188 valence electrons. The van der Waals surface area contributed by atoms with Gasteiger partial charge in [0.1, 0.15) is 24.6 Å². The van der Waals surface area contributed by atoms with Gasteiger partial charge in [0.05, 0.1) is 16.9 Å². The van der Waals surface area contributed by atoms with Crippen LogP contribution in [0.15, 0.2) is 66.7 Å². The number of carbonyl (C=O) groups excluding carboxylic acids is 1. The number of benzene rings is 1. The molecule has 0 N–H and O–H groups in total. The summed E-state index contributed by atoms with van der Waals surface area (Å²) in [6.45, 7) is 0.899. The maximum absolute atomic E-state index is 13.8. The fraction of sp³-hybridized carbons (Fsp3) is 0.346. The molecule has 3 heterocycles. The highest BCUT2D eigenvalue weighted by molar-refractivity contribution is 5.87. The van der Waals surface area contributed by atoms with Crippen molar-refractivity contribution in [1.29, 1.82) is 0 Å². The largest absolute Gasteiger partial charge is 0.485 e. The molecular weight excluding hydrogens is 471 g/mol. The van der Waals surface area contributed by atoms with Gasteiger partial charge in [0.2, 0.25) is 5.91 Å². The molecule has 2 aromatic heterocycles. The molecule has 10 heteroatoms. The molecule has 0 spiro atoms. The van der Waals surface area contributed by atoms with Crippen LogP contribution in [0.2, 0.25) is 0 Å². The fourth-order valence-electron chi connectivity index (χ4n) is 4.17. The van der Waals surface area contributed by atoms with E-state index in [-0.39, 0.29) is 37.0 Å². The highest BCUT2D eigenvalue weighted by Gasteiger charge is 2.39. The van der Waals surface area contributed by atoms with E-state index in [1.165, 1.54) is 15.7 Å². The van der Waals surface area contributed by atoms with Crippen molar-refractivity contribution < 1.29 is 22.7 Å². The number of allylic oxidation sites excluding steroid dienone is 3. The minimum atomic E-state index is -4.54. The predicted octanol–water partition coefficient (Wildman–Crippen LogP) is 4.70. The van der Waals surface area contributed by atoms with E-state index in [0.717, 1.165) is 25.5 Å². The van der Waals surface area contributed by atoms with E-state index in [2.05, 4.69) is 10.1 Å². The van der Waals surface area contributed by atoms with Crippen LogP contribution in [-0.4, -0.2) is 51.9 Å². The minimum absolute atomic E-state index is 0.0371. The van der Waals surface area contributed by atoms with Crippen LogP contribution in [0, 0.1) is 5.92 Å². The first-order valence-corrected chi connectivity index (χ1v) is 11.8. The summed E-state index contributed by atoms with van der Waals surface area (Å²) in [6, 6.07) is 8.62. The normalized spacial score (nSPS) is 15.8. The summed E-state index contributed by atoms with van der Waals surface area (Å²) >= 11 is 0. The first-order chi connectivity index (χ1) is 17.3. The third-order valence-corrected chi connectivity index (χ3v) is 6.24. The predicted molar refractivity (Wildman–Crippen MR) is 129 cm³/mol. The molecular formula is C26H26F3N5O2. The van der Waals surface area contributed by atoms with Crippen molar-refractivity contribution >= 4 is 22.5 Å². The van der Waals surface area contributed by atoms with Gasteiger partial charge in [-0.15, -0.1) is 0 Å². The van der Waals surface area contributed by atoms with Gasteiger partial charge in [0.15, 0.2) is 0 Å². The average molecular weight is 498 g/mol. The Bertz CT molecular complexity index is 1310. The summed E-state index contributed by atoms with van der Waals surface area (Å²) in [4.78, 5) is 19.7. The molecule has 1 amide bonds. The first kappa shape index (κ1) is 23.9. The topological polar surface area (TPSA) is 63.5 Å². The van der Waals surface area contributed by atoms with Crippen LogP contribution < -0.4 is 9.64 Å². The lowest BCUT2D eigenvalue weighted by atomic mass is 10.1. The lowest BCUT2D eigenvalue weighted by Crippen LogP contribution is -2.33.